The summed E-state index contributed by atoms with van der Waals surface area (Å²) in [6, 6.07) is 5.32. The minimum absolute atomic E-state index is 0.0119. The Morgan fingerprint density at radius 1 is 1.15 bits per heavy atom. The van der Waals surface area contributed by atoms with Gasteiger partial charge in [0.25, 0.3) is 5.91 Å². The van der Waals surface area contributed by atoms with Crippen LogP contribution in [0.2, 0.25) is 5.02 Å². The van der Waals surface area contributed by atoms with E-state index in [9.17, 15) is 9.59 Å². The lowest BCUT2D eigenvalue weighted by Crippen LogP contribution is -2.51. The van der Waals surface area contributed by atoms with Crippen molar-refractivity contribution < 1.29 is 14.3 Å². The Balaban J connectivity index is 1.55. The summed E-state index contributed by atoms with van der Waals surface area (Å²) in [5, 5.41) is 0.484. The number of rotatable bonds is 4. The number of amides is 2. The zero-order valence-electron chi connectivity index (χ0n) is 14.4. The number of halogens is 1. The summed E-state index contributed by atoms with van der Waals surface area (Å²) in [6.07, 6.45) is 4.74. The minimum Gasteiger partial charge on any atom is -0.495 e. The van der Waals surface area contributed by atoms with Gasteiger partial charge in [-0.05, 0) is 17.7 Å². The highest BCUT2D eigenvalue weighted by molar-refractivity contribution is 6.32. The number of hydrogen-bond acceptors (Lipinski definition) is 5. The summed E-state index contributed by atoms with van der Waals surface area (Å²) in [5.74, 6) is 0.434. The number of piperazine rings is 1. The minimum atomic E-state index is -0.160. The number of benzene rings is 1. The Labute approximate surface area is 156 Å². The molecule has 0 saturated carbocycles. The molecular weight excluding hydrogens is 356 g/mol. The lowest BCUT2D eigenvalue weighted by atomic mass is 10.1. The molecule has 2 aromatic rings. The zero-order valence-corrected chi connectivity index (χ0v) is 15.1. The van der Waals surface area contributed by atoms with Gasteiger partial charge in [0.2, 0.25) is 5.91 Å². The maximum Gasteiger partial charge on any atom is 0.274 e. The second kappa shape index (κ2) is 8.14. The third-order valence-electron chi connectivity index (χ3n) is 4.27. The van der Waals surface area contributed by atoms with E-state index < -0.39 is 0 Å². The fraction of sp³-hybridized carbons (Fsp3) is 0.333. The lowest BCUT2D eigenvalue weighted by molar-refractivity contribution is -0.131. The molecule has 0 radical (unpaired) electrons. The normalized spacial score (nSPS) is 14.2. The third-order valence-corrected chi connectivity index (χ3v) is 4.57. The first kappa shape index (κ1) is 18.1. The van der Waals surface area contributed by atoms with Gasteiger partial charge in [-0.1, -0.05) is 17.7 Å². The fourth-order valence-corrected chi connectivity index (χ4v) is 3.12. The summed E-state index contributed by atoms with van der Waals surface area (Å²) >= 11 is 6.11. The van der Waals surface area contributed by atoms with Crippen LogP contribution < -0.4 is 4.74 Å². The number of hydrogen-bond donors (Lipinski definition) is 0. The molecule has 0 N–H and O–H groups in total. The molecule has 1 aliphatic rings. The molecule has 0 aliphatic carbocycles. The molecule has 2 heterocycles. The molecule has 3 rings (SSSR count). The second-order valence-corrected chi connectivity index (χ2v) is 6.32. The van der Waals surface area contributed by atoms with E-state index in [1.165, 1.54) is 18.6 Å². The van der Waals surface area contributed by atoms with E-state index in [0.29, 0.717) is 42.6 Å². The predicted octanol–water partition coefficient (Wildman–Crippen LogP) is 1.67. The number of carbonyl (C=O) groups excluding carboxylic acids is 2. The highest BCUT2D eigenvalue weighted by Gasteiger charge is 2.25. The maximum atomic E-state index is 12.5. The van der Waals surface area contributed by atoms with Crippen molar-refractivity contribution >= 4 is 23.4 Å². The SMILES string of the molecule is COc1ccc(CC(=O)N2CCN(C(=O)c3cnccn3)CC2)cc1Cl. The van der Waals surface area contributed by atoms with Crippen LogP contribution in [-0.4, -0.2) is 64.9 Å². The molecule has 1 aromatic heterocycles. The molecule has 136 valence electrons. The first-order valence-electron chi connectivity index (χ1n) is 8.24. The Morgan fingerprint density at radius 2 is 1.88 bits per heavy atom. The van der Waals surface area contributed by atoms with Crippen molar-refractivity contribution in [3.8, 4) is 5.75 Å². The van der Waals surface area contributed by atoms with Crippen LogP contribution >= 0.6 is 11.6 Å². The van der Waals surface area contributed by atoms with Gasteiger partial charge in [0.15, 0.2) is 0 Å². The lowest BCUT2D eigenvalue weighted by Gasteiger charge is -2.34. The van der Waals surface area contributed by atoms with Crippen LogP contribution in [0, 0.1) is 0 Å². The first-order valence-corrected chi connectivity index (χ1v) is 8.62. The summed E-state index contributed by atoms with van der Waals surface area (Å²) in [6.45, 7) is 1.94. The zero-order chi connectivity index (χ0) is 18.5. The van der Waals surface area contributed by atoms with E-state index in [1.807, 2.05) is 6.07 Å². The van der Waals surface area contributed by atoms with Gasteiger partial charge in [0, 0.05) is 38.6 Å². The van der Waals surface area contributed by atoms with E-state index in [-0.39, 0.29) is 18.2 Å². The first-order chi connectivity index (χ1) is 12.6. The molecule has 26 heavy (non-hydrogen) atoms. The molecule has 0 atom stereocenters. The van der Waals surface area contributed by atoms with Crippen molar-refractivity contribution in [2.24, 2.45) is 0 Å². The van der Waals surface area contributed by atoms with E-state index in [0.717, 1.165) is 5.56 Å². The summed E-state index contributed by atoms with van der Waals surface area (Å²) in [4.78, 5) is 36.3. The fourth-order valence-electron chi connectivity index (χ4n) is 2.84. The van der Waals surface area contributed by atoms with Gasteiger partial charge >= 0.3 is 0 Å². The Bertz CT molecular complexity index is 792. The molecule has 0 spiro atoms. The average molecular weight is 375 g/mol. The molecule has 7 nitrogen and oxygen atoms in total. The van der Waals surface area contributed by atoms with E-state index in [4.69, 9.17) is 16.3 Å². The highest BCUT2D eigenvalue weighted by Crippen LogP contribution is 2.25. The van der Waals surface area contributed by atoms with E-state index >= 15 is 0 Å². The second-order valence-electron chi connectivity index (χ2n) is 5.91. The quantitative estimate of drug-likeness (QED) is 0.813. The predicted molar refractivity (Wildman–Crippen MR) is 96.2 cm³/mol. The van der Waals surface area contributed by atoms with Crippen LogP contribution in [0.25, 0.3) is 0 Å². The smallest absolute Gasteiger partial charge is 0.274 e. The summed E-state index contributed by atoms with van der Waals surface area (Å²) in [7, 11) is 1.55. The van der Waals surface area contributed by atoms with Crippen LogP contribution in [0.1, 0.15) is 16.1 Å². The molecular formula is C18H19ClN4O3. The maximum absolute atomic E-state index is 12.5. The highest BCUT2D eigenvalue weighted by atomic mass is 35.5. The number of methoxy groups -OCH3 is 1. The molecule has 0 bridgehead atoms. The largest absolute Gasteiger partial charge is 0.495 e. The Hall–Kier alpha value is -2.67. The van der Waals surface area contributed by atoms with Crippen molar-refractivity contribution in [1.29, 1.82) is 0 Å². The van der Waals surface area contributed by atoms with Crippen LogP contribution in [0.4, 0.5) is 0 Å². The van der Waals surface area contributed by atoms with E-state index in [1.54, 1.807) is 29.0 Å². The topological polar surface area (TPSA) is 75.6 Å². The third kappa shape index (κ3) is 4.11. The molecule has 1 fully saturated rings. The van der Waals surface area contributed by atoms with Gasteiger partial charge < -0.3 is 14.5 Å². The number of nitrogens with zero attached hydrogens (tertiary/aromatic N) is 4. The standard InChI is InChI=1S/C18H19ClN4O3/c1-26-16-3-2-13(10-14(16)19)11-17(24)22-6-8-23(9-7-22)18(25)15-12-20-4-5-21-15/h2-5,10,12H,6-9,11H2,1H3. The number of carbonyl (C=O) groups is 2. The molecule has 0 unspecified atom stereocenters. The van der Waals surface area contributed by atoms with Gasteiger partial charge in [-0.25, -0.2) is 4.98 Å². The van der Waals surface area contributed by atoms with Gasteiger partial charge in [-0.2, -0.15) is 0 Å². The van der Waals surface area contributed by atoms with Crippen molar-refractivity contribution in [3.63, 3.8) is 0 Å². The number of aromatic nitrogens is 2. The summed E-state index contributed by atoms with van der Waals surface area (Å²) in [5.41, 5.74) is 1.15. The number of ether oxygens (including phenoxy) is 1. The molecule has 8 heteroatoms. The molecule has 1 aliphatic heterocycles. The summed E-state index contributed by atoms with van der Waals surface area (Å²) < 4.78 is 5.12. The van der Waals surface area contributed by atoms with Gasteiger partial charge in [0.05, 0.1) is 24.8 Å². The van der Waals surface area contributed by atoms with Crippen molar-refractivity contribution in [3.05, 3.63) is 53.1 Å². The van der Waals surface area contributed by atoms with Gasteiger partial charge in [-0.3, -0.25) is 14.6 Å². The average Bonchev–Trinajstić information content (AvgIpc) is 2.68. The Morgan fingerprint density at radius 3 is 2.50 bits per heavy atom. The van der Waals surface area contributed by atoms with Crippen molar-refractivity contribution in [2.75, 3.05) is 33.3 Å². The molecule has 1 saturated heterocycles. The van der Waals surface area contributed by atoms with Crippen molar-refractivity contribution in [1.82, 2.24) is 19.8 Å². The van der Waals surface area contributed by atoms with Crippen molar-refractivity contribution in [2.45, 2.75) is 6.42 Å². The molecule has 2 amide bonds. The van der Waals surface area contributed by atoms with Crippen LogP contribution in [0.15, 0.2) is 36.8 Å². The monoisotopic (exact) mass is 374 g/mol. The molecule has 1 aromatic carbocycles. The Kier molecular flexibility index (Phi) is 5.68. The van der Waals surface area contributed by atoms with Crippen LogP contribution in [0.3, 0.4) is 0 Å². The van der Waals surface area contributed by atoms with Gasteiger partial charge in [-0.15, -0.1) is 0 Å². The van der Waals surface area contributed by atoms with Crippen LogP contribution in [0.5, 0.6) is 5.75 Å². The van der Waals surface area contributed by atoms with Crippen LogP contribution in [-0.2, 0) is 11.2 Å². The van der Waals surface area contributed by atoms with E-state index in [2.05, 4.69) is 9.97 Å². The van der Waals surface area contributed by atoms with Gasteiger partial charge in [0.1, 0.15) is 11.4 Å².